The Balaban J connectivity index is 3.05. The van der Waals surface area contributed by atoms with Crippen LogP contribution in [0.5, 0.6) is 0 Å². The molecule has 0 bridgehead atoms. The van der Waals surface area contributed by atoms with Crippen molar-refractivity contribution in [2.45, 2.75) is 12.6 Å². The van der Waals surface area contributed by atoms with E-state index in [2.05, 4.69) is 4.74 Å². The molecule has 0 aliphatic rings. The molecule has 0 saturated heterocycles. The summed E-state index contributed by atoms with van der Waals surface area (Å²) < 4.78 is 18.5. The molecule has 1 aromatic rings. The number of aldehydes is 1. The summed E-state index contributed by atoms with van der Waals surface area (Å²) >= 11 is 0. The normalized spacial score (nSPS) is 14.0. The average Bonchev–Trinajstić information content (AvgIpc) is 2.29. The quantitative estimate of drug-likeness (QED) is 0.431. The van der Waals surface area contributed by atoms with Gasteiger partial charge in [0, 0.05) is 5.56 Å². The van der Waals surface area contributed by atoms with Crippen molar-refractivity contribution < 1.29 is 18.7 Å². The Morgan fingerprint density at radius 1 is 1.47 bits per heavy atom. The van der Waals surface area contributed by atoms with Crippen molar-refractivity contribution in [1.82, 2.24) is 0 Å². The van der Waals surface area contributed by atoms with Crippen LogP contribution >= 0.6 is 0 Å². The highest BCUT2D eigenvalue weighted by molar-refractivity contribution is 5.97. The van der Waals surface area contributed by atoms with Crippen molar-refractivity contribution >= 4 is 12.3 Å². The van der Waals surface area contributed by atoms with Crippen LogP contribution in [-0.2, 0) is 20.0 Å². The van der Waals surface area contributed by atoms with Crippen LogP contribution in [0.2, 0.25) is 0 Å². The Morgan fingerprint density at radius 3 is 2.53 bits per heavy atom. The van der Waals surface area contributed by atoms with E-state index >= 15 is 0 Å². The summed E-state index contributed by atoms with van der Waals surface area (Å²) in [6.45, 7) is 1.58. The predicted octanol–water partition coefficient (Wildman–Crippen LogP) is 1.61. The molecule has 4 heteroatoms. The lowest BCUT2D eigenvalue weighted by Gasteiger charge is -2.16. The summed E-state index contributed by atoms with van der Waals surface area (Å²) in [5.41, 5.74) is -2.71. The van der Waals surface area contributed by atoms with Gasteiger partial charge in [0.1, 0.15) is 0 Å². The number of halogens is 1. The van der Waals surface area contributed by atoms with Crippen LogP contribution in [0.15, 0.2) is 30.3 Å². The molecule has 0 aliphatic carbocycles. The molecule has 15 heavy (non-hydrogen) atoms. The van der Waals surface area contributed by atoms with Gasteiger partial charge in [0.15, 0.2) is 6.29 Å². The van der Waals surface area contributed by atoms with Crippen LogP contribution in [-0.4, -0.2) is 18.9 Å². The number of hydrogen-bond acceptors (Lipinski definition) is 3. The molecule has 1 atom stereocenters. The maximum Gasteiger partial charge on any atom is 0.356 e. The molecule has 0 radical (unpaired) electrons. The highest BCUT2D eigenvalue weighted by Crippen LogP contribution is 2.25. The first kappa shape index (κ1) is 11.4. The maximum absolute atomic E-state index is 14.0. The molecular formula is C11H11FO3. The first-order valence-electron chi connectivity index (χ1n) is 4.53. The highest BCUT2D eigenvalue weighted by atomic mass is 19.1. The first-order chi connectivity index (χ1) is 7.15. The zero-order valence-electron chi connectivity index (χ0n) is 8.27. The lowest BCUT2D eigenvalue weighted by atomic mass is 9.98. The van der Waals surface area contributed by atoms with E-state index in [1.807, 2.05) is 0 Å². The van der Waals surface area contributed by atoms with E-state index < -0.39 is 11.6 Å². The molecule has 1 unspecified atom stereocenters. The summed E-state index contributed by atoms with van der Waals surface area (Å²) in [5.74, 6) is -1.17. The third-order valence-corrected chi connectivity index (χ3v) is 1.93. The fourth-order valence-electron chi connectivity index (χ4n) is 1.15. The summed E-state index contributed by atoms with van der Waals surface area (Å²) in [7, 11) is 0. The Hall–Kier alpha value is -1.71. The van der Waals surface area contributed by atoms with Gasteiger partial charge in [0.25, 0.3) is 5.67 Å². The average molecular weight is 210 g/mol. The second kappa shape index (κ2) is 4.68. The van der Waals surface area contributed by atoms with Gasteiger partial charge >= 0.3 is 5.97 Å². The summed E-state index contributed by atoms with van der Waals surface area (Å²) in [4.78, 5) is 21.9. The minimum Gasteiger partial charge on any atom is -0.463 e. The Bertz CT molecular complexity index is 350. The van der Waals surface area contributed by atoms with Gasteiger partial charge in [-0.1, -0.05) is 30.3 Å². The summed E-state index contributed by atoms with van der Waals surface area (Å²) in [6.07, 6.45) is -0.0413. The van der Waals surface area contributed by atoms with E-state index in [4.69, 9.17) is 0 Å². The number of benzene rings is 1. The van der Waals surface area contributed by atoms with E-state index in [1.54, 1.807) is 25.1 Å². The fourth-order valence-corrected chi connectivity index (χ4v) is 1.15. The van der Waals surface area contributed by atoms with Crippen molar-refractivity contribution in [2.24, 2.45) is 0 Å². The molecule has 0 aliphatic heterocycles. The number of rotatable bonds is 4. The van der Waals surface area contributed by atoms with Crippen LogP contribution < -0.4 is 0 Å². The zero-order chi connectivity index (χ0) is 11.3. The number of ether oxygens (including phenoxy) is 1. The molecule has 3 nitrogen and oxygen atoms in total. The molecule has 0 amide bonds. The van der Waals surface area contributed by atoms with Crippen LogP contribution in [0.25, 0.3) is 0 Å². The SMILES string of the molecule is CCOC(=O)C(F)(C=O)c1ccccc1. The van der Waals surface area contributed by atoms with Gasteiger partial charge in [-0.25, -0.2) is 9.18 Å². The lowest BCUT2D eigenvalue weighted by molar-refractivity contribution is -0.159. The van der Waals surface area contributed by atoms with Crippen molar-refractivity contribution in [3.63, 3.8) is 0 Å². The second-order valence-corrected chi connectivity index (χ2v) is 2.92. The standard InChI is InChI=1S/C11H11FO3/c1-2-15-10(14)11(12,8-13)9-6-4-3-5-7-9/h3-8H,2H2,1H3. The van der Waals surface area contributed by atoms with E-state index in [1.165, 1.54) is 12.1 Å². The predicted molar refractivity (Wildman–Crippen MR) is 51.9 cm³/mol. The molecule has 0 saturated carbocycles. The number of carbonyl (C=O) groups excluding carboxylic acids is 2. The van der Waals surface area contributed by atoms with Gasteiger partial charge < -0.3 is 4.74 Å². The fraction of sp³-hybridized carbons (Fsp3) is 0.273. The maximum atomic E-state index is 14.0. The largest absolute Gasteiger partial charge is 0.463 e. The van der Waals surface area contributed by atoms with Gasteiger partial charge in [-0.05, 0) is 6.92 Å². The molecule has 0 fully saturated rings. The molecule has 0 spiro atoms. The zero-order valence-corrected chi connectivity index (χ0v) is 8.27. The minimum absolute atomic E-state index is 0.0153. The van der Waals surface area contributed by atoms with Crippen molar-refractivity contribution in [2.75, 3.05) is 6.61 Å². The van der Waals surface area contributed by atoms with Gasteiger partial charge in [-0.2, -0.15) is 0 Å². The lowest BCUT2D eigenvalue weighted by Crippen LogP contribution is -2.34. The summed E-state index contributed by atoms with van der Waals surface area (Å²) in [5, 5.41) is 0. The van der Waals surface area contributed by atoms with E-state index in [0.29, 0.717) is 0 Å². The van der Waals surface area contributed by atoms with E-state index in [-0.39, 0.29) is 18.5 Å². The van der Waals surface area contributed by atoms with Crippen LogP contribution in [0.4, 0.5) is 4.39 Å². The van der Waals surface area contributed by atoms with Crippen molar-refractivity contribution in [3.8, 4) is 0 Å². The van der Waals surface area contributed by atoms with Gasteiger partial charge in [-0.15, -0.1) is 0 Å². The van der Waals surface area contributed by atoms with Crippen LogP contribution in [0, 0.1) is 0 Å². The third-order valence-electron chi connectivity index (χ3n) is 1.93. The van der Waals surface area contributed by atoms with Gasteiger partial charge in [-0.3, -0.25) is 4.79 Å². The Morgan fingerprint density at radius 2 is 2.07 bits per heavy atom. The smallest absolute Gasteiger partial charge is 0.356 e. The molecule has 0 aromatic heterocycles. The van der Waals surface area contributed by atoms with Crippen LogP contribution in [0.1, 0.15) is 12.5 Å². The molecule has 80 valence electrons. The van der Waals surface area contributed by atoms with Crippen LogP contribution in [0.3, 0.4) is 0 Å². The number of esters is 1. The molecule has 1 aromatic carbocycles. The van der Waals surface area contributed by atoms with E-state index in [9.17, 15) is 14.0 Å². The molecule has 0 heterocycles. The first-order valence-corrected chi connectivity index (χ1v) is 4.53. The number of hydrogen-bond donors (Lipinski definition) is 0. The highest BCUT2D eigenvalue weighted by Gasteiger charge is 2.42. The topological polar surface area (TPSA) is 43.4 Å². The van der Waals surface area contributed by atoms with E-state index in [0.717, 1.165) is 0 Å². The Kier molecular flexibility index (Phi) is 3.55. The van der Waals surface area contributed by atoms with Crippen molar-refractivity contribution in [1.29, 1.82) is 0 Å². The second-order valence-electron chi connectivity index (χ2n) is 2.92. The number of carbonyl (C=O) groups is 2. The Labute approximate surface area is 86.9 Å². The van der Waals surface area contributed by atoms with Gasteiger partial charge in [0.05, 0.1) is 6.61 Å². The monoisotopic (exact) mass is 210 g/mol. The summed E-state index contributed by atoms with van der Waals surface area (Å²) in [6, 6.07) is 7.50. The molecule has 1 rings (SSSR count). The number of alkyl halides is 1. The van der Waals surface area contributed by atoms with Crippen molar-refractivity contribution in [3.05, 3.63) is 35.9 Å². The molecule has 0 N–H and O–H groups in total. The molecular weight excluding hydrogens is 199 g/mol. The minimum atomic E-state index is -2.70. The third kappa shape index (κ3) is 2.21. The van der Waals surface area contributed by atoms with Gasteiger partial charge in [0.2, 0.25) is 0 Å².